The monoisotopic (exact) mass is 284 g/mol. The minimum Gasteiger partial charge on any atom is -0.352 e. The lowest BCUT2D eigenvalue weighted by Gasteiger charge is -2.15. The van der Waals surface area contributed by atoms with Crippen molar-refractivity contribution in [1.29, 1.82) is 0 Å². The lowest BCUT2D eigenvalue weighted by atomic mass is 10.0. The number of aryl methyl sites for hydroxylation is 1. The standard InChI is InChI=1S/C13H16O5S/c1-9-2-4-10(5-3-9)19(14,15)18-12-8-17-13-11(12)6-7-16-13/h2-5,11-13H,6-8H2,1H3/t11-,12-,13+/m0/s1. The Bertz CT molecular complexity index is 551. The van der Waals surface area contributed by atoms with Crippen LogP contribution < -0.4 is 0 Å². The zero-order valence-corrected chi connectivity index (χ0v) is 11.4. The number of hydrogen-bond acceptors (Lipinski definition) is 5. The van der Waals surface area contributed by atoms with Crippen molar-refractivity contribution in [2.24, 2.45) is 5.92 Å². The minimum atomic E-state index is -3.73. The van der Waals surface area contributed by atoms with Crippen LogP contribution in [0.1, 0.15) is 12.0 Å². The first-order valence-electron chi connectivity index (χ1n) is 6.29. The molecule has 3 rings (SSSR count). The predicted octanol–water partition coefficient (Wildman–Crippen LogP) is 1.46. The average Bonchev–Trinajstić information content (AvgIpc) is 2.95. The van der Waals surface area contributed by atoms with Crippen LogP contribution in [-0.2, 0) is 23.8 Å². The van der Waals surface area contributed by atoms with E-state index in [4.69, 9.17) is 13.7 Å². The van der Waals surface area contributed by atoms with Crippen molar-refractivity contribution in [2.45, 2.75) is 30.6 Å². The Kier molecular flexibility index (Phi) is 3.34. The maximum absolute atomic E-state index is 12.2. The van der Waals surface area contributed by atoms with E-state index < -0.39 is 16.2 Å². The van der Waals surface area contributed by atoms with E-state index in [1.165, 1.54) is 0 Å². The fourth-order valence-electron chi connectivity index (χ4n) is 2.45. The molecule has 1 aromatic rings. The highest BCUT2D eigenvalue weighted by Gasteiger charge is 2.44. The van der Waals surface area contributed by atoms with Crippen molar-refractivity contribution < 1.29 is 22.1 Å². The van der Waals surface area contributed by atoms with E-state index in [1.54, 1.807) is 24.3 Å². The van der Waals surface area contributed by atoms with E-state index in [0.717, 1.165) is 12.0 Å². The maximum atomic E-state index is 12.2. The topological polar surface area (TPSA) is 61.8 Å². The molecule has 0 saturated carbocycles. The van der Waals surface area contributed by atoms with Crippen molar-refractivity contribution in [2.75, 3.05) is 13.2 Å². The molecular weight excluding hydrogens is 268 g/mol. The molecule has 0 aliphatic carbocycles. The Balaban J connectivity index is 1.76. The molecule has 19 heavy (non-hydrogen) atoms. The highest BCUT2D eigenvalue weighted by molar-refractivity contribution is 7.86. The molecule has 0 bridgehead atoms. The van der Waals surface area contributed by atoms with Gasteiger partial charge in [0.05, 0.1) is 18.1 Å². The molecule has 2 saturated heterocycles. The van der Waals surface area contributed by atoms with Gasteiger partial charge in [-0.15, -0.1) is 0 Å². The Morgan fingerprint density at radius 1 is 1.21 bits per heavy atom. The van der Waals surface area contributed by atoms with Gasteiger partial charge in [-0.3, -0.25) is 4.18 Å². The van der Waals surface area contributed by atoms with Gasteiger partial charge in [-0.2, -0.15) is 8.42 Å². The third-order valence-electron chi connectivity index (χ3n) is 3.55. The molecule has 1 aromatic carbocycles. The molecule has 3 atom stereocenters. The molecule has 2 fully saturated rings. The first-order chi connectivity index (χ1) is 9.06. The Morgan fingerprint density at radius 3 is 2.68 bits per heavy atom. The van der Waals surface area contributed by atoms with Gasteiger partial charge in [-0.25, -0.2) is 0 Å². The second kappa shape index (κ2) is 4.86. The average molecular weight is 284 g/mol. The van der Waals surface area contributed by atoms with Gasteiger partial charge >= 0.3 is 0 Å². The first kappa shape index (κ1) is 13.1. The fraction of sp³-hybridized carbons (Fsp3) is 0.538. The Hall–Kier alpha value is -0.950. The molecule has 5 nitrogen and oxygen atoms in total. The molecule has 0 aromatic heterocycles. The summed E-state index contributed by atoms with van der Waals surface area (Å²) in [5, 5.41) is 0. The second-order valence-corrected chi connectivity index (χ2v) is 6.50. The van der Waals surface area contributed by atoms with Gasteiger partial charge in [0, 0.05) is 5.92 Å². The summed E-state index contributed by atoms with van der Waals surface area (Å²) >= 11 is 0. The summed E-state index contributed by atoms with van der Waals surface area (Å²) in [5.41, 5.74) is 1.01. The van der Waals surface area contributed by atoms with Gasteiger partial charge in [-0.05, 0) is 25.5 Å². The van der Waals surface area contributed by atoms with E-state index in [0.29, 0.717) is 6.61 Å². The highest BCUT2D eigenvalue weighted by atomic mass is 32.2. The summed E-state index contributed by atoms with van der Waals surface area (Å²) in [5.74, 6) is 0.0141. The second-order valence-electron chi connectivity index (χ2n) is 4.93. The van der Waals surface area contributed by atoms with Crippen molar-refractivity contribution in [1.82, 2.24) is 0 Å². The van der Waals surface area contributed by atoms with E-state index in [-0.39, 0.29) is 23.7 Å². The fourth-order valence-corrected chi connectivity index (χ4v) is 3.55. The molecular formula is C13H16O5S. The number of fused-ring (bicyclic) bond motifs is 1. The molecule has 0 unspecified atom stereocenters. The molecule has 2 heterocycles. The summed E-state index contributed by atoms with van der Waals surface area (Å²) in [6.45, 7) is 2.77. The summed E-state index contributed by atoms with van der Waals surface area (Å²) in [7, 11) is -3.73. The quantitative estimate of drug-likeness (QED) is 0.786. The third kappa shape index (κ3) is 2.53. The van der Waals surface area contributed by atoms with Crippen molar-refractivity contribution in [3.63, 3.8) is 0 Å². The summed E-state index contributed by atoms with van der Waals surface area (Å²) in [6.07, 6.45) is 0.0238. The van der Waals surface area contributed by atoms with Crippen molar-refractivity contribution in [3.8, 4) is 0 Å². The molecule has 0 amide bonds. The zero-order valence-electron chi connectivity index (χ0n) is 10.6. The van der Waals surface area contributed by atoms with E-state index in [2.05, 4.69) is 0 Å². The number of ether oxygens (including phenoxy) is 2. The molecule has 2 aliphatic rings. The smallest absolute Gasteiger partial charge is 0.297 e. The van der Waals surface area contributed by atoms with Crippen LogP contribution in [0.2, 0.25) is 0 Å². The van der Waals surface area contributed by atoms with Crippen LogP contribution in [0.3, 0.4) is 0 Å². The number of benzene rings is 1. The predicted molar refractivity (Wildman–Crippen MR) is 67.0 cm³/mol. The van der Waals surface area contributed by atoms with Gasteiger partial charge in [0.2, 0.25) is 0 Å². The lowest BCUT2D eigenvalue weighted by Crippen LogP contribution is -2.26. The first-order valence-corrected chi connectivity index (χ1v) is 7.70. The van der Waals surface area contributed by atoms with Gasteiger partial charge in [0.15, 0.2) is 6.29 Å². The third-order valence-corrected chi connectivity index (χ3v) is 4.90. The van der Waals surface area contributed by atoms with Crippen LogP contribution in [0.25, 0.3) is 0 Å². The largest absolute Gasteiger partial charge is 0.352 e. The molecule has 6 heteroatoms. The molecule has 104 valence electrons. The van der Waals surface area contributed by atoms with Crippen LogP contribution in [-0.4, -0.2) is 34.0 Å². The molecule has 2 aliphatic heterocycles. The number of hydrogen-bond donors (Lipinski definition) is 0. The van der Waals surface area contributed by atoms with E-state index in [1.807, 2.05) is 6.92 Å². The van der Waals surface area contributed by atoms with E-state index in [9.17, 15) is 8.42 Å². The summed E-state index contributed by atoms with van der Waals surface area (Å²) < 4.78 is 40.4. The Labute approximate surface area is 112 Å². The molecule has 0 spiro atoms. The normalized spacial score (nSPS) is 30.5. The van der Waals surface area contributed by atoms with Crippen LogP contribution in [0, 0.1) is 12.8 Å². The molecule has 0 N–H and O–H groups in total. The van der Waals surface area contributed by atoms with Gasteiger partial charge in [-0.1, -0.05) is 17.7 Å². The maximum Gasteiger partial charge on any atom is 0.297 e. The zero-order chi connectivity index (χ0) is 13.5. The van der Waals surface area contributed by atoms with Crippen molar-refractivity contribution >= 4 is 10.1 Å². The van der Waals surface area contributed by atoms with Crippen LogP contribution in [0.5, 0.6) is 0 Å². The van der Waals surface area contributed by atoms with E-state index >= 15 is 0 Å². The Morgan fingerprint density at radius 2 is 1.95 bits per heavy atom. The highest BCUT2D eigenvalue weighted by Crippen LogP contribution is 2.34. The summed E-state index contributed by atoms with van der Waals surface area (Å²) in [4.78, 5) is 0.181. The minimum absolute atomic E-state index is 0.0141. The number of rotatable bonds is 3. The van der Waals surface area contributed by atoms with Gasteiger partial charge in [0.25, 0.3) is 10.1 Å². The van der Waals surface area contributed by atoms with Crippen molar-refractivity contribution in [3.05, 3.63) is 29.8 Å². The van der Waals surface area contributed by atoms with Crippen LogP contribution in [0.4, 0.5) is 0 Å². The lowest BCUT2D eigenvalue weighted by molar-refractivity contribution is -0.0906. The SMILES string of the molecule is Cc1ccc(S(=O)(=O)O[C@H]2CO[C@H]3OCC[C@H]32)cc1. The van der Waals surface area contributed by atoms with Gasteiger partial charge < -0.3 is 9.47 Å². The summed E-state index contributed by atoms with van der Waals surface area (Å²) in [6, 6.07) is 6.62. The molecule has 0 radical (unpaired) electrons. The van der Waals surface area contributed by atoms with Crippen LogP contribution >= 0.6 is 0 Å². The van der Waals surface area contributed by atoms with Crippen LogP contribution in [0.15, 0.2) is 29.2 Å². The van der Waals surface area contributed by atoms with Gasteiger partial charge in [0.1, 0.15) is 6.10 Å².